The van der Waals surface area contributed by atoms with Crippen molar-refractivity contribution >= 4 is 15.9 Å². The normalized spacial score (nSPS) is 27.9. The zero-order chi connectivity index (χ0) is 11.9. The van der Waals surface area contributed by atoms with Gasteiger partial charge in [-0.1, -0.05) is 55.5 Å². The highest BCUT2D eigenvalue weighted by Gasteiger charge is 2.33. The molecule has 0 aromatic rings. The first-order chi connectivity index (χ1) is 7.76. The van der Waals surface area contributed by atoms with Gasteiger partial charge in [-0.15, -0.1) is 0 Å². The average Bonchev–Trinajstić information content (AvgIpc) is 2.35. The summed E-state index contributed by atoms with van der Waals surface area (Å²) in [5.41, 5.74) is 0.437. The van der Waals surface area contributed by atoms with Gasteiger partial charge in [0, 0.05) is 17.4 Å². The second kappa shape index (κ2) is 7.71. The molecule has 0 aromatic carbocycles. The van der Waals surface area contributed by atoms with Gasteiger partial charge < -0.3 is 4.74 Å². The van der Waals surface area contributed by atoms with Crippen molar-refractivity contribution in [2.45, 2.75) is 58.8 Å². The molecular formula is C14H27BrO. The molecule has 0 N–H and O–H groups in total. The topological polar surface area (TPSA) is 9.23 Å². The lowest BCUT2D eigenvalue weighted by atomic mass is 9.75. The third kappa shape index (κ3) is 4.37. The first kappa shape index (κ1) is 14.5. The number of unbranched alkanes of at least 4 members (excludes halogenated alkanes) is 1. The van der Waals surface area contributed by atoms with E-state index in [2.05, 4.69) is 29.8 Å². The number of alkyl halides is 1. The van der Waals surface area contributed by atoms with E-state index in [0.717, 1.165) is 24.5 Å². The summed E-state index contributed by atoms with van der Waals surface area (Å²) < 4.78 is 5.70. The molecule has 2 heteroatoms. The second-order valence-corrected chi connectivity index (χ2v) is 5.97. The predicted octanol–water partition coefficient (Wildman–Crippen LogP) is 4.78. The Morgan fingerprint density at radius 3 is 2.69 bits per heavy atom. The minimum Gasteiger partial charge on any atom is -0.381 e. The maximum absolute atomic E-state index is 5.70. The number of hydrogen-bond acceptors (Lipinski definition) is 1. The summed E-state index contributed by atoms with van der Waals surface area (Å²) in [6, 6.07) is 0. The molecule has 0 aromatic heterocycles. The SMILES string of the molecule is CCCCC(CC)CC1(CBr)CCCOC1. The lowest BCUT2D eigenvalue weighted by Crippen LogP contribution is -2.35. The minimum atomic E-state index is 0.437. The molecule has 96 valence electrons. The predicted molar refractivity (Wildman–Crippen MR) is 74.2 cm³/mol. The van der Waals surface area contributed by atoms with E-state index in [1.807, 2.05) is 0 Å². The van der Waals surface area contributed by atoms with Crippen molar-refractivity contribution in [1.29, 1.82) is 0 Å². The Labute approximate surface area is 109 Å². The van der Waals surface area contributed by atoms with Crippen molar-refractivity contribution in [3.05, 3.63) is 0 Å². The largest absolute Gasteiger partial charge is 0.381 e. The fraction of sp³-hybridized carbons (Fsp3) is 1.00. The summed E-state index contributed by atoms with van der Waals surface area (Å²) in [6.45, 7) is 6.57. The van der Waals surface area contributed by atoms with Crippen LogP contribution in [0.1, 0.15) is 58.8 Å². The van der Waals surface area contributed by atoms with Gasteiger partial charge in [-0.2, -0.15) is 0 Å². The molecule has 0 saturated carbocycles. The zero-order valence-electron chi connectivity index (χ0n) is 10.9. The van der Waals surface area contributed by atoms with Crippen LogP contribution in [0.5, 0.6) is 0 Å². The van der Waals surface area contributed by atoms with Crippen molar-refractivity contribution in [3.63, 3.8) is 0 Å². The standard InChI is InChI=1S/C14H27BrO/c1-3-5-7-13(4-2)10-14(11-15)8-6-9-16-12-14/h13H,3-12H2,1-2H3. The molecule has 1 heterocycles. The smallest absolute Gasteiger partial charge is 0.0530 e. The van der Waals surface area contributed by atoms with Crippen LogP contribution in [-0.4, -0.2) is 18.5 Å². The van der Waals surface area contributed by atoms with Crippen molar-refractivity contribution < 1.29 is 4.74 Å². The van der Waals surface area contributed by atoms with Crippen LogP contribution in [-0.2, 0) is 4.74 Å². The number of rotatable bonds is 7. The average molecular weight is 291 g/mol. The third-order valence-corrected chi connectivity index (χ3v) is 5.14. The van der Waals surface area contributed by atoms with Gasteiger partial charge >= 0.3 is 0 Å². The molecule has 0 spiro atoms. The molecule has 1 nitrogen and oxygen atoms in total. The Hall–Kier alpha value is 0.440. The molecule has 1 saturated heterocycles. The Kier molecular flexibility index (Phi) is 6.98. The minimum absolute atomic E-state index is 0.437. The van der Waals surface area contributed by atoms with Gasteiger partial charge in [0.2, 0.25) is 0 Å². The van der Waals surface area contributed by atoms with E-state index in [1.165, 1.54) is 44.9 Å². The number of hydrogen-bond donors (Lipinski definition) is 0. The first-order valence-electron chi connectivity index (χ1n) is 6.90. The molecule has 0 amide bonds. The summed E-state index contributed by atoms with van der Waals surface area (Å²) >= 11 is 3.71. The van der Waals surface area contributed by atoms with E-state index >= 15 is 0 Å². The maximum atomic E-state index is 5.70. The van der Waals surface area contributed by atoms with Crippen LogP contribution < -0.4 is 0 Å². The number of ether oxygens (including phenoxy) is 1. The highest BCUT2D eigenvalue weighted by atomic mass is 79.9. The Balaban J connectivity index is 2.45. The molecule has 0 bridgehead atoms. The number of halogens is 1. The zero-order valence-corrected chi connectivity index (χ0v) is 12.5. The molecule has 0 aliphatic carbocycles. The van der Waals surface area contributed by atoms with Crippen LogP contribution >= 0.6 is 15.9 Å². The second-order valence-electron chi connectivity index (χ2n) is 5.41. The van der Waals surface area contributed by atoms with Gasteiger partial charge in [0.05, 0.1) is 6.61 Å². The third-order valence-electron chi connectivity index (χ3n) is 3.95. The molecule has 2 atom stereocenters. The van der Waals surface area contributed by atoms with Crippen LogP contribution in [0.3, 0.4) is 0 Å². The molecule has 1 aliphatic rings. The molecule has 1 rings (SSSR count). The molecule has 1 fully saturated rings. The molecule has 0 radical (unpaired) electrons. The van der Waals surface area contributed by atoms with E-state index in [1.54, 1.807) is 0 Å². The van der Waals surface area contributed by atoms with Gasteiger partial charge in [0.15, 0.2) is 0 Å². The maximum Gasteiger partial charge on any atom is 0.0530 e. The van der Waals surface area contributed by atoms with Crippen LogP contribution in [0.4, 0.5) is 0 Å². The Morgan fingerprint density at radius 2 is 2.19 bits per heavy atom. The Bertz CT molecular complexity index is 176. The van der Waals surface area contributed by atoms with Crippen molar-refractivity contribution in [2.24, 2.45) is 11.3 Å². The van der Waals surface area contributed by atoms with Gasteiger partial charge in [-0.25, -0.2) is 0 Å². The van der Waals surface area contributed by atoms with Gasteiger partial charge in [0.25, 0.3) is 0 Å². The fourth-order valence-corrected chi connectivity index (χ4v) is 3.46. The van der Waals surface area contributed by atoms with E-state index in [-0.39, 0.29) is 0 Å². The van der Waals surface area contributed by atoms with Gasteiger partial charge in [-0.05, 0) is 25.2 Å². The van der Waals surface area contributed by atoms with Gasteiger partial charge in [0.1, 0.15) is 0 Å². The van der Waals surface area contributed by atoms with Crippen LogP contribution in [0, 0.1) is 11.3 Å². The summed E-state index contributed by atoms with van der Waals surface area (Å²) in [7, 11) is 0. The van der Waals surface area contributed by atoms with Crippen molar-refractivity contribution in [3.8, 4) is 0 Å². The van der Waals surface area contributed by atoms with E-state index < -0.39 is 0 Å². The summed E-state index contributed by atoms with van der Waals surface area (Å²) in [5.74, 6) is 0.902. The summed E-state index contributed by atoms with van der Waals surface area (Å²) in [6.07, 6.45) is 9.40. The van der Waals surface area contributed by atoms with Crippen LogP contribution in [0.2, 0.25) is 0 Å². The molecule has 2 unspecified atom stereocenters. The summed E-state index contributed by atoms with van der Waals surface area (Å²) in [4.78, 5) is 0. The van der Waals surface area contributed by atoms with E-state index in [9.17, 15) is 0 Å². The van der Waals surface area contributed by atoms with Crippen LogP contribution in [0.25, 0.3) is 0 Å². The molecular weight excluding hydrogens is 264 g/mol. The van der Waals surface area contributed by atoms with Crippen LogP contribution in [0.15, 0.2) is 0 Å². The van der Waals surface area contributed by atoms with E-state index in [0.29, 0.717) is 5.41 Å². The van der Waals surface area contributed by atoms with Crippen molar-refractivity contribution in [2.75, 3.05) is 18.5 Å². The quantitative estimate of drug-likeness (QED) is 0.613. The first-order valence-corrected chi connectivity index (χ1v) is 8.02. The molecule has 16 heavy (non-hydrogen) atoms. The van der Waals surface area contributed by atoms with E-state index in [4.69, 9.17) is 4.74 Å². The molecule has 1 aliphatic heterocycles. The van der Waals surface area contributed by atoms with Crippen molar-refractivity contribution in [1.82, 2.24) is 0 Å². The highest BCUT2D eigenvalue weighted by molar-refractivity contribution is 9.09. The lowest BCUT2D eigenvalue weighted by molar-refractivity contribution is -0.00804. The summed E-state index contributed by atoms with van der Waals surface area (Å²) in [5, 5.41) is 1.11. The fourth-order valence-electron chi connectivity index (χ4n) is 2.79. The lowest BCUT2D eigenvalue weighted by Gasteiger charge is -2.38. The monoisotopic (exact) mass is 290 g/mol. The van der Waals surface area contributed by atoms with Gasteiger partial charge in [-0.3, -0.25) is 0 Å². The highest BCUT2D eigenvalue weighted by Crippen LogP contribution is 2.39. The Morgan fingerprint density at radius 1 is 1.38 bits per heavy atom.